The van der Waals surface area contributed by atoms with Crippen LogP contribution in [-0.4, -0.2) is 46.6 Å². The van der Waals surface area contributed by atoms with Crippen molar-refractivity contribution >= 4 is 23.1 Å². The van der Waals surface area contributed by atoms with Crippen molar-refractivity contribution in [2.75, 3.05) is 19.8 Å². The van der Waals surface area contributed by atoms with Gasteiger partial charge in [-0.05, 0) is 19.4 Å². The van der Waals surface area contributed by atoms with Gasteiger partial charge in [-0.3, -0.25) is 4.90 Å². The second kappa shape index (κ2) is 5.79. The maximum absolute atomic E-state index is 6.07. The Morgan fingerprint density at radius 2 is 2.17 bits per heavy atom. The van der Waals surface area contributed by atoms with E-state index >= 15 is 0 Å². The van der Waals surface area contributed by atoms with Gasteiger partial charge in [-0.15, -0.1) is 5.10 Å². The number of hydrogen-bond acceptors (Lipinski definition) is 6. The number of aromatic nitrogens is 2. The summed E-state index contributed by atoms with van der Waals surface area (Å²) >= 11 is 7.31. The third-order valence-corrected chi connectivity index (χ3v) is 4.47. The Morgan fingerprint density at radius 1 is 1.33 bits per heavy atom. The lowest BCUT2D eigenvalue weighted by Crippen LogP contribution is -2.46. The van der Waals surface area contributed by atoms with Gasteiger partial charge in [0.1, 0.15) is 10.0 Å². The lowest BCUT2D eigenvalue weighted by Gasteiger charge is -2.37. The van der Waals surface area contributed by atoms with E-state index in [9.17, 15) is 0 Å². The number of halogens is 1. The summed E-state index contributed by atoms with van der Waals surface area (Å²) in [6, 6.07) is 0.319. The van der Waals surface area contributed by atoms with Crippen molar-refractivity contribution in [3.63, 3.8) is 0 Å². The van der Waals surface area contributed by atoms with Gasteiger partial charge in [-0.25, -0.2) is 0 Å². The zero-order valence-electron chi connectivity index (χ0n) is 10.0. The first kappa shape index (κ1) is 12.7. The maximum atomic E-state index is 6.07. The minimum Gasteiger partial charge on any atom is -0.349 e. The van der Waals surface area contributed by atoms with Gasteiger partial charge >= 0.3 is 0 Å². The Bertz CT molecular complexity index is 397. The van der Waals surface area contributed by atoms with Gasteiger partial charge in [0.05, 0.1) is 19.3 Å². The molecule has 7 heteroatoms. The highest BCUT2D eigenvalue weighted by Gasteiger charge is 2.34. The summed E-state index contributed by atoms with van der Waals surface area (Å²) < 4.78 is 15.9. The van der Waals surface area contributed by atoms with Crippen LogP contribution in [-0.2, 0) is 16.0 Å². The fraction of sp³-hybridized carbons (Fsp3) is 0.818. The molecule has 1 unspecified atom stereocenters. The van der Waals surface area contributed by atoms with E-state index in [0.29, 0.717) is 23.6 Å². The minimum atomic E-state index is -0.0873. The Labute approximate surface area is 115 Å². The summed E-state index contributed by atoms with van der Waals surface area (Å²) in [6.45, 7) is 3.19. The molecular weight excluding hydrogens is 274 g/mol. The van der Waals surface area contributed by atoms with Crippen LogP contribution in [0, 0.1) is 0 Å². The molecule has 18 heavy (non-hydrogen) atoms. The van der Waals surface area contributed by atoms with Crippen LogP contribution in [0.2, 0.25) is 4.34 Å². The zero-order valence-corrected chi connectivity index (χ0v) is 11.6. The van der Waals surface area contributed by atoms with Crippen LogP contribution in [0.5, 0.6) is 0 Å². The number of hydrogen-bond donors (Lipinski definition) is 0. The van der Waals surface area contributed by atoms with Crippen LogP contribution >= 0.6 is 23.1 Å². The predicted octanol–water partition coefficient (Wildman–Crippen LogP) is 1.92. The first-order valence-electron chi connectivity index (χ1n) is 6.28. The summed E-state index contributed by atoms with van der Waals surface area (Å²) in [5.41, 5.74) is 0.867. The Hall–Kier alpha value is -0.270. The first-order valence-corrected chi connectivity index (χ1v) is 7.44. The quantitative estimate of drug-likeness (QED) is 0.851. The SMILES string of the molecule is Clc1snnc1CN1CCCCC1C1OCCO1. The molecule has 2 aliphatic rings. The largest absolute Gasteiger partial charge is 0.349 e. The monoisotopic (exact) mass is 289 g/mol. The molecule has 0 amide bonds. The Kier molecular flexibility index (Phi) is 4.10. The number of piperidine rings is 1. The first-order chi connectivity index (χ1) is 8.84. The highest BCUT2D eigenvalue weighted by Crippen LogP contribution is 2.27. The topological polar surface area (TPSA) is 47.5 Å². The predicted molar refractivity (Wildman–Crippen MR) is 68.7 cm³/mol. The van der Waals surface area contributed by atoms with Gasteiger partial charge in [0.25, 0.3) is 0 Å². The van der Waals surface area contributed by atoms with Crippen LogP contribution in [0.15, 0.2) is 0 Å². The van der Waals surface area contributed by atoms with Crippen molar-refractivity contribution in [1.82, 2.24) is 14.5 Å². The number of nitrogens with zero attached hydrogens (tertiary/aromatic N) is 3. The van der Waals surface area contributed by atoms with E-state index in [1.807, 2.05) is 0 Å². The average molecular weight is 290 g/mol. The molecule has 3 heterocycles. The molecule has 2 aliphatic heterocycles. The summed E-state index contributed by atoms with van der Waals surface area (Å²) in [5.74, 6) is 0. The molecule has 5 nitrogen and oxygen atoms in total. The molecule has 2 fully saturated rings. The summed E-state index contributed by atoms with van der Waals surface area (Å²) in [7, 11) is 0. The minimum absolute atomic E-state index is 0.0873. The van der Waals surface area contributed by atoms with Gasteiger partial charge in [0, 0.05) is 18.1 Å². The van der Waals surface area contributed by atoms with E-state index in [4.69, 9.17) is 21.1 Å². The smallest absolute Gasteiger partial charge is 0.173 e. The standard InChI is InChI=1S/C11H16ClN3O2S/c12-10-8(13-14-18-10)7-15-4-2-1-3-9(15)11-16-5-6-17-11/h9,11H,1-7H2. The molecule has 1 aromatic heterocycles. The molecule has 0 bridgehead atoms. The average Bonchev–Trinajstić information content (AvgIpc) is 3.03. The third-order valence-electron chi connectivity index (χ3n) is 3.49. The second-order valence-corrected chi connectivity index (χ2v) is 5.99. The van der Waals surface area contributed by atoms with Crippen molar-refractivity contribution < 1.29 is 9.47 Å². The molecule has 100 valence electrons. The van der Waals surface area contributed by atoms with Crippen LogP contribution in [0.4, 0.5) is 0 Å². The van der Waals surface area contributed by atoms with Crippen LogP contribution < -0.4 is 0 Å². The molecule has 0 N–H and O–H groups in total. The fourth-order valence-corrected chi connectivity index (χ4v) is 3.22. The third kappa shape index (κ3) is 2.67. The van der Waals surface area contributed by atoms with Crippen molar-refractivity contribution in [2.24, 2.45) is 0 Å². The molecule has 1 aromatic rings. The molecule has 1 atom stereocenters. The number of rotatable bonds is 3. The molecule has 0 saturated carbocycles. The molecule has 0 aliphatic carbocycles. The highest BCUT2D eigenvalue weighted by molar-refractivity contribution is 7.10. The van der Waals surface area contributed by atoms with Gasteiger partial charge in [0.2, 0.25) is 0 Å². The van der Waals surface area contributed by atoms with E-state index in [2.05, 4.69) is 14.5 Å². The molecule has 2 saturated heterocycles. The Balaban J connectivity index is 1.69. The number of ether oxygens (including phenoxy) is 2. The highest BCUT2D eigenvalue weighted by atomic mass is 35.5. The summed E-state index contributed by atoms with van der Waals surface area (Å²) in [6.07, 6.45) is 3.46. The van der Waals surface area contributed by atoms with Crippen molar-refractivity contribution in [3.8, 4) is 0 Å². The lowest BCUT2D eigenvalue weighted by molar-refractivity contribution is -0.111. The summed E-state index contributed by atoms with van der Waals surface area (Å²) in [4.78, 5) is 2.36. The Morgan fingerprint density at radius 3 is 2.89 bits per heavy atom. The van der Waals surface area contributed by atoms with E-state index in [-0.39, 0.29) is 6.29 Å². The van der Waals surface area contributed by atoms with Crippen molar-refractivity contribution in [2.45, 2.75) is 38.1 Å². The molecule has 3 rings (SSSR count). The molecular formula is C11H16ClN3O2S. The van der Waals surface area contributed by atoms with E-state index in [1.54, 1.807) is 0 Å². The summed E-state index contributed by atoms with van der Waals surface area (Å²) in [5, 5.41) is 4.08. The normalized spacial score (nSPS) is 26.8. The lowest BCUT2D eigenvalue weighted by atomic mass is 10.0. The van der Waals surface area contributed by atoms with Crippen LogP contribution in [0.25, 0.3) is 0 Å². The molecule has 0 radical (unpaired) electrons. The van der Waals surface area contributed by atoms with Crippen molar-refractivity contribution in [1.29, 1.82) is 0 Å². The van der Waals surface area contributed by atoms with Crippen molar-refractivity contribution in [3.05, 3.63) is 10.0 Å². The fourth-order valence-electron chi connectivity index (χ4n) is 2.60. The van der Waals surface area contributed by atoms with Gasteiger partial charge in [0.15, 0.2) is 6.29 Å². The molecule has 0 aromatic carbocycles. The van der Waals surface area contributed by atoms with Crippen LogP contribution in [0.1, 0.15) is 25.0 Å². The van der Waals surface area contributed by atoms with Gasteiger partial charge < -0.3 is 9.47 Å². The van der Waals surface area contributed by atoms with E-state index < -0.39 is 0 Å². The number of likely N-dealkylation sites (tertiary alicyclic amines) is 1. The van der Waals surface area contributed by atoms with Crippen LogP contribution in [0.3, 0.4) is 0 Å². The maximum Gasteiger partial charge on any atom is 0.173 e. The zero-order chi connectivity index (χ0) is 12.4. The second-order valence-electron chi connectivity index (χ2n) is 4.64. The van der Waals surface area contributed by atoms with Gasteiger partial charge in [-0.1, -0.05) is 22.5 Å². The van der Waals surface area contributed by atoms with E-state index in [0.717, 1.165) is 25.2 Å². The van der Waals surface area contributed by atoms with E-state index in [1.165, 1.54) is 24.4 Å². The van der Waals surface area contributed by atoms with Gasteiger partial charge in [-0.2, -0.15) is 0 Å². The molecule has 0 spiro atoms.